The molecule has 0 aliphatic rings. The molecule has 0 heterocycles. The van der Waals surface area contributed by atoms with Gasteiger partial charge in [0.2, 0.25) is 0 Å². The fraction of sp³-hybridized carbons (Fsp3) is 0.111. The molecule has 0 atom stereocenters. The van der Waals surface area contributed by atoms with Gasteiger partial charge in [-0.25, -0.2) is 4.79 Å². The zero-order valence-corrected chi connectivity index (χ0v) is 8.64. The molecule has 0 fully saturated rings. The van der Waals surface area contributed by atoms with Crippen LogP contribution >= 0.6 is 23.8 Å². The first-order valence-corrected chi connectivity index (χ1v) is 4.52. The highest BCUT2D eigenvalue weighted by Gasteiger charge is 2.05. The molecule has 0 bridgehead atoms. The lowest BCUT2D eigenvalue weighted by Gasteiger charge is -2.04. The van der Waals surface area contributed by atoms with Crippen LogP contribution in [0.15, 0.2) is 24.3 Å². The van der Waals surface area contributed by atoms with E-state index in [2.05, 4.69) is 0 Å². The maximum absolute atomic E-state index is 10.2. The van der Waals surface area contributed by atoms with Crippen molar-refractivity contribution >= 4 is 34.8 Å². The Hall–Kier alpha value is -1.13. The van der Waals surface area contributed by atoms with E-state index in [0.717, 1.165) is 0 Å². The van der Waals surface area contributed by atoms with Crippen molar-refractivity contribution in [1.82, 2.24) is 0 Å². The van der Waals surface area contributed by atoms with Crippen molar-refractivity contribution in [2.75, 3.05) is 6.61 Å². The second kappa shape index (κ2) is 4.93. The third-order valence-corrected chi connectivity index (χ3v) is 1.98. The highest BCUT2D eigenvalue weighted by molar-refractivity contribution is 7.80. The average molecular weight is 231 g/mol. The normalized spacial score (nSPS) is 9.50. The summed E-state index contributed by atoms with van der Waals surface area (Å²) in [6.07, 6.45) is 0. The second-order valence-corrected chi connectivity index (χ2v) is 3.29. The van der Waals surface area contributed by atoms with Crippen LogP contribution in [-0.2, 0) is 9.53 Å². The van der Waals surface area contributed by atoms with Crippen LogP contribution in [0, 0.1) is 0 Å². The number of halogens is 1. The number of carboxylic acids is 1. The lowest BCUT2D eigenvalue weighted by molar-refractivity contribution is -0.139. The molecule has 3 nitrogen and oxygen atoms in total. The zero-order chi connectivity index (χ0) is 10.6. The highest BCUT2D eigenvalue weighted by atomic mass is 35.5. The molecule has 5 heteroatoms. The van der Waals surface area contributed by atoms with Gasteiger partial charge >= 0.3 is 5.97 Å². The molecule has 1 aromatic rings. The summed E-state index contributed by atoms with van der Waals surface area (Å²) in [4.78, 5) is 10.2. The number of benzene rings is 1. The van der Waals surface area contributed by atoms with Gasteiger partial charge in [-0.05, 0) is 24.4 Å². The molecule has 1 rings (SSSR count). The molecule has 0 radical (unpaired) electrons. The highest BCUT2D eigenvalue weighted by Crippen LogP contribution is 2.12. The molecular weight excluding hydrogens is 224 g/mol. The predicted octanol–water partition coefficient (Wildman–Crippen LogP) is 2.12. The third kappa shape index (κ3) is 3.32. The Balaban J connectivity index is 2.65. The van der Waals surface area contributed by atoms with Crippen LogP contribution in [-0.4, -0.2) is 22.7 Å². The average Bonchev–Trinajstić information content (AvgIpc) is 2.14. The Morgan fingerprint density at radius 1 is 1.57 bits per heavy atom. The summed E-state index contributed by atoms with van der Waals surface area (Å²) in [5.41, 5.74) is 0.605. The molecule has 0 aliphatic heterocycles. The van der Waals surface area contributed by atoms with Crippen LogP contribution < -0.4 is 0 Å². The van der Waals surface area contributed by atoms with E-state index in [0.29, 0.717) is 10.6 Å². The van der Waals surface area contributed by atoms with Gasteiger partial charge in [0.1, 0.15) is 0 Å². The van der Waals surface area contributed by atoms with Crippen molar-refractivity contribution in [2.24, 2.45) is 0 Å². The molecule has 14 heavy (non-hydrogen) atoms. The molecule has 1 aromatic carbocycles. The fourth-order valence-electron chi connectivity index (χ4n) is 0.826. The number of thiocarbonyl (C=S) groups is 1. The molecule has 0 spiro atoms. The van der Waals surface area contributed by atoms with Crippen molar-refractivity contribution in [3.63, 3.8) is 0 Å². The van der Waals surface area contributed by atoms with Crippen LogP contribution in [0.2, 0.25) is 5.02 Å². The van der Waals surface area contributed by atoms with Gasteiger partial charge in [0.25, 0.3) is 0 Å². The third-order valence-electron chi connectivity index (χ3n) is 1.39. The van der Waals surface area contributed by atoms with Crippen LogP contribution in [0.1, 0.15) is 5.56 Å². The smallest absolute Gasteiger partial charge is 0.341 e. The molecule has 0 unspecified atom stereocenters. The summed E-state index contributed by atoms with van der Waals surface area (Å²) in [6.45, 7) is -0.439. The molecule has 0 aliphatic carbocycles. The van der Waals surface area contributed by atoms with Crippen molar-refractivity contribution in [3.05, 3.63) is 34.9 Å². The molecular formula is C9H7ClO3S. The summed E-state index contributed by atoms with van der Waals surface area (Å²) in [7, 11) is 0. The molecule has 0 aromatic heterocycles. The maximum atomic E-state index is 10.2. The van der Waals surface area contributed by atoms with Crippen LogP contribution in [0.5, 0.6) is 0 Å². The standard InChI is InChI=1S/C9H7ClO3S/c10-7-3-1-2-6(4-7)9(14)13-5-8(11)12/h1-4H,5H2,(H,11,12). The Labute approximate surface area is 91.3 Å². The van der Waals surface area contributed by atoms with E-state index in [9.17, 15) is 4.79 Å². The Bertz CT molecular complexity index is 365. The van der Waals surface area contributed by atoms with Crippen LogP contribution in [0.4, 0.5) is 0 Å². The SMILES string of the molecule is O=C(O)COC(=S)c1cccc(Cl)c1. The lowest BCUT2D eigenvalue weighted by Crippen LogP contribution is -2.12. The van der Waals surface area contributed by atoms with E-state index in [1.807, 2.05) is 0 Å². The summed E-state index contributed by atoms with van der Waals surface area (Å²) < 4.78 is 4.82. The monoisotopic (exact) mass is 230 g/mol. The minimum Gasteiger partial charge on any atom is -0.479 e. The number of carboxylic acid groups (broad SMARTS) is 1. The number of aliphatic carboxylic acids is 1. The van der Waals surface area contributed by atoms with Crippen molar-refractivity contribution in [3.8, 4) is 0 Å². The Kier molecular flexibility index (Phi) is 3.85. The van der Waals surface area contributed by atoms with E-state index in [-0.39, 0.29) is 5.05 Å². The zero-order valence-electron chi connectivity index (χ0n) is 7.07. The largest absolute Gasteiger partial charge is 0.479 e. The maximum Gasteiger partial charge on any atom is 0.341 e. The molecule has 0 amide bonds. The summed E-state index contributed by atoms with van der Waals surface area (Å²) in [6, 6.07) is 6.74. The minimum atomic E-state index is -1.06. The summed E-state index contributed by atoms with van der Waals surface area (Å²) in [5, 5.41) is 9.02. The molecule has 0 saturated heterocycles. The lowest BCUT2D eigenvalue weighted by atomic mass is 10.2. The number of hydrogen-bond acceptors (Lipinski definition) is 3. The van der Waals surface area contributed by atoms with Gasteiger partial charge in [0, 0.05) is 10.6 Å². The first-order chi connectivity index (χ1) is 6.59. The van der Waals surface area contributed by atoms with E-state index < -0.39 is 12.6 Å². The van der Waals surface area contributed by atoms with Gasteiger partial charge in [0.15, 0.2) is 11.7 Å². The van der Waals surface area contributed by atoms with Gasteiger partial charge in [-0.15, -0.1) is 0 Å². The van der Waals surface area contributed by atoms with E-state index in [1.54, 1.807) is 24.3 Å². The quantitative estimate of drug-likeness (QED) is 0.808. The van der Waals surface area contributed by atoms with Crippen LogP contribution in [0.25, 0.3) is 0 Å². The molecule has 74 valence electrons. The Morgan fingerprint density at radius 2 is 2.29 bits per heavy atom. The number of rotatable bonds is 3. The van der Waals surface area contributed by atoms with Gasteiger partial charge in [-0.1, -0.05) is 23.7 Å². The van der Waals surface area contributed by atoms with E-state index >= 15 is 0 Å². The molecule has 0 saturated carbocycles. The van der Waals surface area contributed by atoms with Gasteiger partial charge < -0.3 is 9.84 Å². The van der Waals surface area contributed by atoms with Crippen molar-refractivity contribution in [2.45, 2.75) is 0 Å². The fourth-order valence-corrected chi connectivity index (χ4v) is 1.20. The van der Waals surface area contributed by atoms with Crippen molar-refractivity contribution < 1.29 is 14.6 Å². The van der Waals surface area contributed by atoms with Crippen molar-refractivity contribution in [1.29, 1.82) is 0 Å². The van der Waals surface area contributed by atoms with Gasteiger partial charge in [-0.3, -0.25) is 0 Å². The molecule has 1 N–H and O–H groups in total. The second-order valence-electron chi connectivity index (χ2n) is 2.48. The predicted molar refractivity (Wildman–Crippen MR) is 56.7 cm³/mol. The minimum absolute atomic E-state index is 0.134. The van der Waals surface area contributed by atoms with E-state index in [1.165, 1.54) is 0 Å². The number of hydrogen-bond donors (Lipinski definition) is 1. The van der Waals surface area contributed by atoms with Gasteiger partial charge in [-0.2, -0.15) is 0 Å². The Morgan fingerprint density at radius 3 is 2.86 bits per heavy atom. The summed E-state index contributed by atoms with van der Waals surface area (Å²) in [5.74, 6) is -1.06. The topological polar surface area (TPSA) is 46.5 Å². The van der Waals surface area contributed by atoms with Crippen LogP contribution in [0.3, 0.4) is 0 Å². The first kappa shape index (κ1) is 10.9. The van der Waals surface area contributed by atoms with E-state index in [4.69, 9.17) is 33.7 Å². The summed E-state index contributed by atoms with van der Waals surface area (Å²) >= 11 is 10.6. The number of ether oxygens (including phenoxy) is 1. The number of carbonyl (C=O) groups is 1. The van der Waals surface area contributed by atoms with Gasteiger partial charge in [0.05, 0.1) is 0 Å². The first-order valence-electron chi connectivity index (χ1n) is 3.74.